The Balaban J connectivity index is 2.32. The van der Waals surface area contributed by atoms with Crippen LogP contribution in [0.15, 0.2) is 48.5 Å². The van der Waals surface area contributed by atoms with E-state index < -0.39 is 11.9 Å². The van der Waals surface area contributed by atoms with Gasteiger partial charge in [-0.05, 0) is 45.8 Å². The second-order valence-electron chi connectivity index (χ2n) is 4.58. The van der Waals surface area contributed by atoms with Gasteiger partial charge in [0.05, 0.1) is 11.1 Å². The van der Waals surface area contributed by atoms with Gasteiger partial charge in [0, 0.05) is 0 Å². The summed E-state index contributed by atoms with van der Waals surface area (Å²) in [5.74, 6) is -1.19. The van der Waals surface area contributed by atoms with Crippen LogP contribution in [0.3, 0.4) is 0 Å². The molecule has 0 spiro atoms. The van der Waals surface area contributed by atoms with Crippen LogP contribution in [0, 0.1) is 0 Å². The zero-order chi connectivity index (χ0) is 13.0. The van der Waals surface area contributed by atoms with Gasteiger partial charge in [-0.2, -0.15) is 0 Å². The number of fused-ring (bicyclic) bond motifs is 2. The summed E-state index contributed by atoms with van der Waals surface area (Å²) in [7, 11) is 0. The van der Waals surface area contributed by atoms with Gasteiger partial charge in [0.15, 0.2) is 0 Å². The molecule has 5 rings (SSSR count). The summed E-state index contributed by atoms with van der Waals surface area (Å²) in [5, 5.41) is 3.49. The number of hydrogen-bond donors (Lipinski definition) is 0. The first kappa shape index (κ1) is 10.3. The molecule has 90 valence electrons. The molecule has 0 unspecified atom stereocenters. The summed E-state index contributed by atoms with van der Waals surface area (Å²) in [4.78, 5) is 24.1. The third-order valence-electron chi connectivity index (χ3n) is 3.50. The maximum Gasteiger partial charge on any atom is 0.346 e. The molecule has 2 heterocycles. The minimum atomic E-state index is -0.596. The summed E-state index contributed by atoms with van der Waals surface area (Å²) in [6, 6.07) is 14.7. The molecule has 6 bridgehead atoms. The average Bonchev–Trinajstić information content (AvgIpc) is 2.46. The molecule has 0 N–H and O–H groups in total. The van der Waals surface area contributed by atoms with Crippen molar-refractivity contribution < 1.29 is 14.3 Å². The van der Waals surface area contributed by atoms with E-state index in [1.165, 1.54) is 0 Å². The molecule has 0 radical (unpaired) electrons. The predicted molar refractivity (Wildman–Crippen MR) is 71.2 cm³/mol. The van der Waals surface area contributed by atoms with Gasteiger partial charge >= 0.3 is 11.9 Å². The fourth-order valence-corrected chi connectivity index (χ4v) is 2.60. The van der Waals surface area contributed by atoms with Gasteiger partial charge in [0.25, 0.3) is 0 Å². The number of ether oxygens (including phenoxy) is 1. The van der Waals surface area contributed by atoms with E-state index in [0.29, 0.717) is 11.1 Å². The highest BCUT2D eigenvalue weighted by atomic mass is 16.6. The lowest BCUT2D eigenvalue weighted by molar-refractivity contribution is 0.0401. The summed E-state index contributed by atoms with van der Waals surface area (Å²) in [6.07, 6.45) is 0. The maximum absolute atomic E-state index is 12.0. The Bertz CT molecular complexity index is 804. The normalized spacial score (nSPS) is 13.9. The molecule has 3 aromatic carbocycles. The van der Waals surface area contributed by atoms with Crippen LogP contribution in [-0.4, -0.2) is 11.9 Å². The van der Waals surface area contributed by atoms with E-state index in [4.69, 9.17) is 4.74 Å². The quantitative estimate of drug-likeness (QED) is 0.348. The van der Waals surface area contributed by atoms with Crippen molar-refractivity contribution in [3.05, 3.63) is 59.7 Å². The Labute approximate surface area is 108 Å². The van der Waals surface area contributed by atoms with E-state index in [9.17, 15) is 9.59 Å². The van der Waals surface area contributed by atoms with Crippen molar-refractivity contribution in [2.75, 3.05) is 0 Å². The van der Waals surface area contributed by atoms with Crippen molar-refractivity contribution in [2.24, 2.45) is 0 Å². The van der Waals surface area contributed by atoms with E-state index in [1.807, 2.05) is 24.3 Å². The molecule has 0 amide bonds. The number of benzene rings is 3. The minimum Gasteiger partial charge on any atom is -0.386 e. The summed E-state index contributed by atoms with van der Waals surface area (Å²) in [5.41, 5.74) is 0.852. The van der Waals surface area contributed by atoms with Gasteiger partial charge in [-0.1, -0.05) is 24.3 Å². The lowest BCUT2D eigenvalue weighted by atomic mass is 9.98. The van der Waals surface area contributed by atoms with Gasteiger partial charge in [-0.25, -0.2) is 9.59 Å². The Hall–Kier alpha value is -2.68. The van der Waals surface area contributed by atoms with Crippen LogP contribution in [0.25, 0.3) is 21.5 Å². The van der Waals surface area contributed by atoms with Crippen LogP contribution >= 0.6 is 0 Å². The van der Waals surface area contributed by atoms with E-state index in [1.54, 1.807) is 24.3 Å². The number of carbonyl (C=O) groups excluding carboxylic acids is 2. The standard InChI is InChI=1S/C16H8O3/c17-15-11-5-1-3-9-7-14-10(8-13(9)11)4-2-6-12(14)16(18)19-15/h1-8H. The molecule has 2 aliphatic heterocycles. The molecule has 0 saturated carbocycles. The largest absolute Gasteiger partial charge is 0.386 e. The van der Waals surface area contributed by atoms with Crippen LogP contribution in [-0.2, 0) is 4.74 Å². The molecule has 0 fully saturated rings. The first-order valence-electron chi connectivity index (χ1n) is 5.96. The van der Waals surface area contributed by atoms with Crippen molar-refractivity contribution in [2.45, 2.75) is 0 Å². The number of rotatable bonds is 0. The number of carbonyl (C=O) groups is 2. The minimum absolute atomic E-state index is 0.426. The van der Waals surface area contributed by atoms with Crippen molar-refractivity contribution in [1.29, 1.82) is 0 Å². The SMILES string of the molecule is O=C1OC(=O)c2cccc3cc4c1cccc4cc23. The molecule has 0 aromatic heterocycles. The Morgan fingerprint density at radius 3 is 1.63 bits per heavy atom. The van der Waals surface area contributed by atoms with Crippen LogP contribution in [0.2, 0.25) is 0 Å². The molecule has 0 aliphatic carbocycles. The lowest BCUT2D eigenvalue weighted by Gasteiger charge is -2.04. The number of esters is 2. The molecular weight excluding hydrogens is 240 g/mol. The topological polar surface area (TPSA) is 43.4 Å². The molecule has 3 nitrogen and oxygen atoms in total. The van der Waals surface area contributed by atoms with Gasteiger partial charge in [0.1, 0.15) is 0 Å². The third kappa shape index (κ3) is 1.32. The Kier molecular flexibility index (Phi) is 1.85. The summed E-state index contributed by atoms with van der Waals surface area (Å²) >= 11 is 0. The zero-order valence-corrected chi connectivity index (χ0v) is 9.84. The molecule has 19 heavy (non-hydrogen) atoms. The predicted octanol–water partition coefficient (Wildman–Crippen LogP) is 3.30. The van der Waals surface area contributed by atoms with Crippen molar-refractivity contribution in [3.8, 4) is 0 Å². The van der Waals surface area contributed by atoms with E-state index in [0.717, 1.165) is 21.5 Å². The second-order valence-corrected chi connectivity index (χ2v) is 4.58. The van der Waals surface area contributed by atoms with Gasteiger partial charge in [0.2, 0.25) is 0 Å². The molecule has 0 saturated heterocycles. The molecule has 3 aromatic rings. The Morgan fingerprint density at radius 1 is 0.684 bits per heavy atom. The number of hydrogen-bond acceptors (Lipinski definition) is 3. The van der Waals surface area contributed by atoms with Crippen LogP contribution in [0.1, 0.15) is 20.7 Å². The summed E-state index contributed by atoms with van der Waals surface area (Å²) in [6.45, 7) is 0. The first-order chi connectivity index (χ1) is 9.24. The van der Waals surface area contributed by atoms with E-state index in [-0.39, 0.29) is 0 Å². The highest BCUT2D eigenvalue weighted by Gasteiger charge is 2.22. The maximum atomic E-state index is 12.0. The van der Waals surface area contributed by atoms with Gasteiger partial charge in [-0.3, -0.25) is 0 Å². The fraction of sp³-hybridized carbons (Fsp3) is 0. The average molecular weight is 248 g/mol. The highest BCUT2D eigenvalue weighted by Crippen LogP contribution is 2.30. The van der Waals surface area contributed by atoms with Crippen LogP contribution < -0.4 is 0 Å². The molecule has 2 aliphatic rings. The van der Waals surface area contributed by atoms with Gasteiger partial charge < -0.3 is 4.74 Å². The smallest absolute Gasteiger partial charge is 0.346 e. The van der Waals surface area contributed by atoms with Crippen LogP contribution in [0.4, 0.5) is 0 Å². The third-order valence-corrected chi connectivity index (χ3v) is 3.50. The Morgan fingerprint density at radius 2 is 1.16 bits per heavy atom. The monoisotopic (exact) mass is 248 g/mol. The van der Waals surface area contributed by atoms with Crippen molar-refractivity contribution in [3.63, 3.8) is 0 Å². The molecular formula is C16H8O3. The zero-order valence-electron chi connectivity index (χ0n) is 9.84. The summed E-state index contributed by atoms with van der Waals surface area (Å²) < 4.78 is 4.93. The highest BCUT2D eigenvalue weighted by molar-refractivity contribution is 6.18. The van der Waals surface area contributed by atoms with Crippen molar-refractivity contribution >= 4 is 33.5 Å². The second kappa shape index (κ2) is 3.42. The van der Waals surface area contributed by atoms with Crippen molar-refractivity contribution in [1.82, 2.24) is 0 Å². The fourth-order valence-electron chi connectivity index (χ4n) is 2.60. The lowest BCUT2D eigenvalue weighted by Crippen LogP contribution is -2.12. The molecule has 3 heteroatoms. The van der Waals surface area contributed by atoms with E-state index in [2.05, 4.69) is 0 Å². The first-order valence-corrected chi connectivity index (χ1v) is 5.96. The van der Waals surface area contributed by atoms with Gasteiger partial charge in [-0.15, -0.1) is 0 Å². The molecule has 0 atom stereocenters. The van der Waals surface area contributed by atoms with Crippen LogP contribution in [0.5, 0.6) is 0 Å². The van der Waals surface area contributed by atoms with E-state index >= 15 is 0 Å².